The topological polar surface area (TPSA) is 108 Å². The summed E-state index contributed by atoms with van der Waals surface area (Å²) in [5.74, 6) is -0.278. The van der Waals surface area contributed by atoms with E-state index >= 15 is 0 Å². The number of hydrogen-bond donors (Lipinski definition) is 4. The SMILES string of the molecule is N/C(=N/O)c1ccc(C(=O)Nc2ccc(CO)cc2)cc1. The third-order valence-corrected chi connectivity index (χ3v) is 2.94. The van der Waals surface area contributed by atoms with E-state index in [9.17, 15) is 4.79 Å². The molecule has 0 unspecified atom stereocenters. The second kappa shape index (κ2) is 6.53. The average molecular weight is 285 g/mol. The number of carbonyl (C=O) groups excluding carboxylic acids is 1. The maximum atomic E-state index is 12.0. The predicted octanol–water partition coefficient (Wildman–Crippen LogP) is 1.53. The fourth-order valence-electron chi connectivity index (χ4n) is 1.75. The van der Waals surface area contributed by atoms with E-state index in [0.717, 1.165) is 5.56 Å². The number of rotatable bonds is 4. The molecular formula is C15H15N3O3. The van der Waals surface area contributed by atoms with Gasteiger partial charge in [-0.3, -0.25) is 4.79 Å². The second-order valence-corrected chi connectivity index (χ2v) is 4.37. The quantitative estimate of drug-likeness (QED) is 0.295. The summed E-state index contributed by atoms with van der Waals surface area (Å²) in [5, 5.41) is 23.2. The number of aliphatic hydroxyl groups is 1. The van der Waals surface area contributed by atoms with Crippen molar-refractivity contribution >= 4 is 17.4 Å². The molecule has 0 heterocycles. The van der Waals surface area contributed by atoms with Crippen LogP contribution in [0.4, 0.5) is 5.69 Å². The monoisotopic (exact) mass is 285 g/mol. The molecular weight excluding hydrogens is 270 g/mol. The Labute approximate surface area is 121 Å². The highest BCUT2D eigenvalue weighted by Gasteiger charge is 2.07. The fourth-order valence-corrected chi connectivity index (χ4v) is 1.75. The normalized spacial score (nSPS) is 11.2. The van der Waals surface area contributed by atoms with Crippen molar-refractivity contribution in [2.75, 3.05) is 5.32 Å². The van der Waals surface area contributed by atoms with Crippen LogP contribution in [0.2, 0.25) is 0 Å². The van der Waals surface area contributed by atoms with Gasteiger partial charge in [-0.1, -0.05) is 29.4 Å². The van der Waals surface area contributed by atoms with Gasteiger partial charge in [-0.2, -0.15) is 0 Å². The first-order valence-corrected chi connectivity index (χ1v) is 6.23. The number of oxime groups is 1. The lowest BCUT2D eigenvalue weighted by Crippen LogP contribution is -2.15. The summed E-state index contributed by atoms with van der Waals surface area (Å²) in [7, 11) is 0. The van der Waals surface area contributed by atoms with Gasteiger partial charge >= 0.3 is 0 Å². The zero-order valence-electron chi connectivity index (χ0n) is 11.2. The Morgan fingerprint density at radius 1 is 1.05 bits per heavy atom. The van der Waals surface area contributed by atoms with Gasteiger partial charge in [-0.25, -0.2) is 0 Å². The summed E-state index contributed by atoms with van der Waals surface area (Å²) < 4.78 is 0. The molecule has 0 aliphatic carbocycles. The third-order valence-electron chi connectivity index (χ3n) is 2.94. The molecule has 21 heavy (non-hydrogen) atoms. The van der Waals surface area contributed by atoms with Gasteiger partial charge in [0.2, 0.25) is 0 Å². The first kappa shape index (κ1) is 14.5. The molecule has 0 fully saturated rings. The largest absolute Gasteiger partial charge is 0.409 e. The number of aliphatic hydroxyl groups excluding tert-OH is 1. The van der Waals surface area contributed by atoms with Crippen molar-refractivity contribution < 1.29 is 15.1 Å². The zero-order valence-corrected chi connectivity index (χ0v) is 11.2. The molecule has 0 spiro atoms. The minimum absolute atomic E-state index is 0.0125. The fraction of sp³-hybridized carbons (Fsp3) is 0.0667. The number of carbonyl (C=O) groups is 1. The first-order valence-electron chi connectivity index (χ1n) is 6.23. The molecule has 2 rings (SSSR count). The van der Waals surface area contributed by atoms with E-state index < -0.39 is 0 Å². The van der Waals surface area contributed by atoms with E-state index in [0.29, 0.717) is 16.8 Å². The van der Waals surface area contributed by atoms with Crippen LogP contribution >= 0.6 is 0 Å². The second-order valence-electron chi connectivity index (χ2n) is 4.37. The van der Waals surface area contributed by atoms with Crippen LogP contribution in [0, 0.1) is 0 Å². The van der Waals surface area contributed by atoms with Crippen LogP contribution in [-0.4, -0.2) is 22.1 Å². The Bertz CT molecular complexity index is 649. The van der Waals surface area contributed by atoms with Crippen LogP contribution < -0.4 is 11.1 Å². The summed E-state index contributed by atoms with van der Waals surface area (Å²) in [6.07, 6.45) is 0. The molecule has 0 bridgehead atoms. The van der Waals surface area contributed by atoms with Gasteiger partial charge in [-0.15, -0.1) is 0 Å². The Morgan fingerprint density at radius 3 is 2.14 bits per heavy atom. The summed E-state index contributed by atoms with van der Waals surface area (Å²) in [4.78, 5) is 12.0. The van der Waals surface area contributed by atoms with E-state index in [1.165, 1.54) is 0 Å². The average Bonchev–Trinajstić information content (AvgIpc) is 2.55. The van der Waals surface area contributed by atoms with Gasteiger partial charge < -0.3 is 21.4 Å². The summed E-state index contributed by atoms with van der Waals surface area (Å²) >= 11 is 0. The summed E-state index contributed by atoms with van der Waals surface area (Å²) in [6.45, 7) is -0.0382. The molecule has 6 heteroatoms. The van der Waals surface area contributed by atoms with Gasteiger partial charge in [0, 0.05) is 16.8 Å². The van der Waals surface area contributed by atoms with Crippen LogP contribution in [0.15, 0.2) is 53.7 Å². The summed E-state index contributed by atoms with van der Waals surface area (Å²) in [5.41, 5.74) is 7.84. The third kappa shape index (κ3) is 3.58. The minimum atomic E-state index is -0.266. The van der Waals surface area contributed by atoms with Crippen LogP contribution in [-0.2, 0) is 6.61 Å². The molecule has 108 valence electrons. The van der Waals surface area contributed by atoms with Crippen LogP contribution in [0.25, 0.3) is 0 Å². The van der Waals surface area contributed by atoms with Crippen molar-refractivity contribution in [2.45, 2.75) is 6.61 Å². The van der Waals surface area contributed by atoms with E-state index in [1.807, 2.05) is 0 Å². The molecule has 0 aromatic heterocycles. The lowest BCUT2D eigenvalue weighted by atomic mass is 10.1. The Kier molecular flexibility index (Phi) is 4.53. The lowest BCUT2D eigenvalue weighted by Gasteiger charge is -2.06. The number of benzene rings is 2. The molecule has 5 N–H and O–H groups in total. The van der Waals surface area contributed by atoms with E-state index in [4.69, 9.17) is 16.0 Å². The highest BCUT2D eigenvalue weighted by Crippen LogP contribution is 2.12. The maximum absolute atomic E-state index is 12.0. The van der Waals surface area contributed by atoms with Gasteiger partial charge in [-0.05, 0) is 29.8 Å². The molecule has 0 radical (unpaired) electrons. The lowest BCUT2D eigenvalue weighted by molar-refractivity contribution is 0.102. The molecule has 0 aliphatic rings. The smallest absolute Gasteiger partial charge is 0.255 e. The van der Waals surface area contributed by atoms with Gasteiger partial charge in [0.1, 0.15) is 0 Å². The van der Waals surface area contributed by atoms with Crippen molar-refractivity contribution in [1.29, 1.82) is 0 Å². The van der Waals surface area contributed by atoms with E-state index in [2.05, 4.69) is 10.5 Å². The van der Waals surface area contributed by atoms with Crippen LogP contribution in [0.3, 0.4) is 0 Å². The number of amides is 1. The first-order chi connectivity index (χ1) is 10.1. The summed E-state index contributed by atoms with van der Waals surface area (Å²) in [6, 6.07) is 13.3. The van der Waals surface area contributed by atoms with Crippen LogP contribution in [0.5, 0.6) is 0 Å². The number of nitrogens with zero attached hydrogens (tertiary/aromatic N) is 1. The number of anilines is 1. The molecule has 1 amide bonds. The van der Waals surface area contributed by atoms with E-state index in [1.54, 1.807) is 48.5 Å². The van der Waals surface area contributed by atoms with Gasteiger partial charge in [0.05, 0.1) is 6.61 Å². The number of nitrogens with two attached hydrogens (primary N) is 1. The maximum Gasteiger partial charge on any atom is 0.255 e. The van der Waals surface area contributed by atoms with Crippen molar-refractivity contribution in [1.82, 2.24) is 0 Å². The molecule has 6 nitrogen and oxygen atoms in total. The molecule has 2 aromatic rings. The Balaban J connectivity index is 2.09. The van der Waals surface area contributed by atoms with Gasteiger partial charge in [0.15, 0.2) is 5.84 Å². The van der Waals surface area contributed by atoms with Crippen molar-refractivity contribution in [3.8, 4) is 0 Å². The van der Waals surface area contributed by atoms with Crippen molar-refractivity contribution in [2.24, 2.45) is 10.9 Å². The minimum Gasteiger partial charge on any atom is -0.409 e. The standard InChI is InChI=1S/C15H15N3O3/c16-14(18-21)11-3-5-12(6-4-11)15(20)17-13-7-1-10(9-19)2-8-13/h1-8,19,21H,9H2,(H2,16,18)(H,17,20). The molecule has 0 atom stereocenters. The van der Waals surface area contributed by atoms with Crippen molar-refractivity contribution in [3.63, 3.8) is 0 Å². The highest BCUT2D eigenvalue weighted by atomic mass is 16.4. The predicted molar refractivity (Wildman–Crippen MR) is 79.3 cm³/mol. The highest BCUT2D eigenvalue weighted by molar-refractivity contribution is 6.05. The van der Waals surface area contributed by atoms with Gasteiger partial charge in [0.25, 0.3) is 5.91 Å². The Hall–Kier alpha value is -2.86. The molecule has 2 aromatic carbocycles. The Morgan fingerprint density at radius 2 is 1.62 bits per heavy atom. The molecule has 0 aliphatic heterocycles. The number of hydrogen-bond acceptors (Lipinski definition) is 4. The number of amidine groups is 1. The molecule has 0 saturated heterocycles. The van der Waals surface area contributed by atoms with Crippen LogP contribution in [0.1, 0.15) is 21.5 Å². The van der Waals surface area contributed by atoms with Crippen molar-refractivity contribution in [3.05, 3.63) is 65.2 Å². The molecule has 0 saturated carbocycles. The zero-order chi connectivity index (χ0) is 15.2. The number of nitrogens with one attached hydrogen (secondary N) is 1. The van der Waals surface area contributed by atoms with E-state index in [-0.39, 0.29) is 18.3 Å².